The van der Waals surface area contributed by atoms with Crippen LogP contribution in [0.4, 0.5) is 7.77 Å². The van der Waals surface area contributed by atoms with E-state index in [2.05, 4.69) is 8.37 Å². The Morgan fingerprint density at radius 1 is 0.632 bits per heavy atom. The summed E-state index contributed by atoms with van der Waals surface area (Å²) in [5.41, 5.74) is 0. The van der Waals surface area contributed by atoms with Crippen LogP contribution in [0, 0.1) is 0 Å². The van der Waals surface area contributed by atoms with E-state index in [4.69, 9.17) is 0 Å². The Morgan fingerprint density at radius 3 is 1.32 bits per heavy atom. The maximum Gasteiger partial charge on any atom is 0.272 e. The minimum atomic E-state index is -0.183. The van der Waals surface area contributed by atoms with Gasteiger partial charge in [-0.25, -0.2) is 0 Å². The van der Waals surface area contributed by atoms with Crippen LogP contribution < -0.4 is 8.37 Å². The van der Waals surface area contributed by atoms with E-state index >= 15 is 0 Å². The molecule has 0 heterocycles. The van der Waals surface area contributed by atoms with E-state index in [-0.39, 0.29) is 24.9 Å². The normalized spacial score (nSPS) is 10.2. The molecule has 0 aliphatic heterocycles. The Bertz CT molecular complexity index is 458. The molecule has 0 saturated heterocycles. The molecule has 0 aliphatic carbocycles. The molecule has 0 bridgehead atoms. The Morgan fingerprint density at radius 2 is 1.00 bits per heavy atom. The topological polar surface area (TPSA) is 18.5 Å². The van der Waals surface area contributed by atoms with Crippen LogP contribution in [0.3, 0.4) is 0 Å². The van der Waals surface area contributed by atoms with Gasteiger partial charge in [0, 0.05) is 9.79 Å². The first-order valence-electron chi connectivity index (χ1n) is 5.10. The average molecular weight is 318 g/mol. The highest BCUT2D eigenvalue weighted by Gasteiger charge is 2.00. The number of hydrogen-bond donors (Lipinski definition) is 0. The highest BCUT2D eigenvalue weighted by molar-refractivity contribution is 7.99. The molecule has 19 heavy (non-hydrogen) atoms. The summed E-state index contributed by atoms with van der Waals surface area (Å²) < 4.78 is 33.0. The number of hydrogen-bond acceptors (Lipinski definition) is 5. The molecule has 0 saturated carbocycles. The molecular weight excluding hydrogens is 310 g/mol. The van der Waals surface area contributed by atoms with Crippen LogP contribution in [0.25, 0.3) is 0 Å². The van der Waals surface area contributed by atoms with Crippen LogP contribution in [0.1, 0.15) is 0 Å². The maximum atomic E-state index is 11.9. The van der Waals surface area contributed by atoms with E-state index in [1.807, 2.05) is 24.3 Å². The monoisotopic (exact) mass is 318 g/mol. The van der Waals surface area contributed by atoms with E-state index in [0.29, 0.717) is 11.5 Å². The Hall–Kier alpha value is -1.05. The van der Waals surface area contributed by atoms with Gasteiger partial charge in [-0.3, -0.25) is 0 Å². The number of benzene rings is 2. The van der Waals surface area contributed by atoms with Crippen LogP contribution >= 0.6 is 36.6 Å². The summed E-state index contributed by atoms with van der Waals surface area (Å²) in [6.45, 7) is 0. The average Bonchev–Trinajstić information content (AvgIpc) is 2.44. The molecule has 2 rings (SSSR count). The van der Waals surface area contributed by atoms with Crippen LogP contribution in [-0.2, 0) is 0 Å². The molecular formula is C12H8F2O2S3. The van der Waals surface area contributed by atoms with Gasteiger partial charge in [-0.05, 0) is 48.5 Å². The van der Waals surface area contributed by atoms with Crippen molar-refractivity contribution in [1.82, 2.24) is 0 Å². The zero-order chi connectivity index (χ0) is 13.5. The highest BCUT2D eigenvalue weighted by atomic mass is 32.2. The SMILES string of the molecule is FSOc1ccc(Sc2ccc(OSF)cc2)cc1. The molecule has 0 radical (unpaired) electrons. The minimum absolute atomic E-state index is 0.183. The fraction of sp³-hybridized carbons (Fsp3) is 0. The largest absolute Gasteiger partial charge is 0.397 e. The van der Waals surface area contributed by atoms with Gasteiger partial charge in [0.25, 0.3) is 24.9 Å². The Labute approximate surface area is 122 Å². The van der Waals surface area contributed by atoms with Gasteiger partial charge in [-0.15, -0.1) is 7.77 Å². The second kappa shape index (κ2) is 7.52. The zero-order valence-electron chi connectivity index (χ0n) is 9.42. The van der Waals surface area contributed by atoms with E-state index in [1.165, 1.54) is 11.8 Å². The standard InChI is InChI=1S/C12H8F2O2S3/c13-18-15-9-1-5-11(6-2-9)17-12-7-3-10(4-8-12)16-19-14/h1-8H. The summed E-state index contributed by atoms with van der Waals surface area (Å²) in [5, 5.41) is 0. The van der Waals surface area contributed by atoms with Crippen molar-refractivity contribution in [2.75, 3.05) is 0 Å². The number of rotatable bonds is 6. The molecule has 100 valence electrons. The first-order valence-corrected chi connectivity index (χ1v) is 7.20. The minimum Gasteiger partial charge on any atom is -0.397 e. The summed E-state index contributed by atoms with van der Waals surface area (Å²) >= 11 is 1.16. The lowest BCUT2D eigenvalue weighted by atomic mass is 10.3. The molecule has 2 aromatic rings. The van der Waals surface area contributed by atoms with Crippen molar-refractivity contribution in [3.63, 3.8) is 0 Å². The molecule has 0 N–H and O–H groups in total. The second-order valence-corrected chi connectivity index (χ2v) is 5.07. The summed E-state index contributed by atoms with van der Waals surface area (Å²) in [6.07, 6.45) is 0. The fourth-order valence-corrected chi connectivity index (χ4v) is 2.52. The van der Waals surface area contributed by atoms with Gasteiger partial charge >= 0.3 is 0 Å². The molecule has 0 fully saturated rings. The van der Waals surface area contributed by atoms with Crippen molar-refractivity contribution in [3.05, 3.63) is 48.5 Å². The summed E-state index contributed by atoms with van der Waals surface area (Å²) in [4.78, 5) is 1.98. The van der Waals surface area contributed by atoms with Crippen LogP contribution in [0.2, 0.25) is 0 Å². The smallest absolute Gasteiger partial charge is 0.272 e. The van der Waals surface area contributed by atoms with Crippen molar-refractivity contribution >= 4 is 36.6 Å². The van der Waals surface area contributed by atoms with Crippen molar-refractivity contribution in [3.8, 4) is 11.5 Å². The molecule has 0 atom stereocenters. The zero-order valence-corrected chi connectivity index (χ0v) is 11.9. The van der Waals surface area contributed by atoms with Gasteiger partial charge in [-0.1, -0.05) is 11.8 Å². The predicted octanol–water partition coefficient (Wildman–Crippen LogP) is 5.66. The van der Waals surface area contributed by atoms with Crippen molar-refractivity contribution in [1.29, 1.82) is 0 Å². The quantitative estimate of drug-likeness (QED) is 0.638. The lowest BCUT2D eigenvalue weighted by molar-refractivity contribution is 0.610. The molecule has 7 heteroatoms. The number of halogens is 2. The molecule has 0 aromatic heterocycles. The van der Waals surface area contributed by atoms with Gasteiger partial charge in [0.1, 0.15) is 11.5 Å². The van der Waals surface area contributed by atoms with Crippen LogP contribution in [0.15, 0.2) is 58.3 Å². The van der Waals surface area contributed by atoms with Crippen LogP contribution in [-0.4, -0.2) is 0 Å². The lowest BCUT2D eigenvalue weighted by Gasteiger charge is -2.04. The first kappa shape index (κ1) is 14.4. The van der Waals surface area contributed by atoms with Crippen molar-refractivity contribution in [2.24, 2.45) is 0 Å². The first-order chi connectivity index (χ1) is 9.31. The van der Waals surface area contributed by atoms with Gasteiger partial charge in [-0.2, -0.15) is 0 Å². The van der Waals surface area contributed by atoms with Crippen LogP contribution in [0.5, 0.6) is 11.5 Å². The van der Waals surface area contributed by atoms with Gasteiger partial charge in [0.05, 0.1) is 0 Å². The molecule has 0 amide bonds. The van der Waals surface area contributed by atoms with E-state index in [9.17, 15) is 7.77 Å². The van der Waals surface area contributed by atoms with Gasteiger partial charge in [0.2, 0.25) is 0 Å². The summed E-state index contributed by atoms with van der Waals surface area (Å²) in [6, 6.07) is 14.1. The summed E-state index contributed by atoms with van der Waals surface area (Å²) in [5.74, 6) is 0.918. The third-order valence-electron chi connectivity index (χ3n) is 2.14. The van der Waals surface area contributed by atoms with E-state index in [1.54, 1.807) is 24.3 Å². The second-order valence-electron chi connectivity index (χ2n) is 3.34. The molecule has 2 nitrogen and oxygen atoms in total. The predicted molar refractivity (Wildman–Crippen MR) is 75.7 cm³/mol. The highest BCUT2D eigenvalue weighted by Crippen LogP contribution is 2.31. The van der Waals surface area contributed by atoms with E-state index < -0.39 is 0 Å². The third kappa shape index (κ3) is 4.52. The summed E-state index contributed by atoms with van der Waals surface area (Å²) in [7, 11) is 0. The lowest BCUT2D eigenvalue weighted by Crippen LogP contribution is -1.79. The molecule has 0 aliphatic rings. The Balaban J connectivity index is 1.99. The van der Waals surface area contributed by atoms with Crippen molar-refractivity contribution < 1.29 is 16.1 Å². The van der Waals surface area contributed by atoms with Gasteiger partial charge in [0.15, 0.2) is 0 Å². The fourth-order valence-electron chi connectivity index (χ4n) is 1.34. The third-order valence-corrected chi connectivity index (χ3v) is 3.67. The Kier molecular flexibility index (Phi) is 5.68. The molecule has 0 unspecified atom stereocenters. The maximum absolute atomic E-state index is 11.9. The molecule has 2 aromatic carbocycles. The van der Waals surface area contributed by atoms with Crippen molar-refractivity contribution in [2.45, 2.75) is 9.79 Å². The molecule has 0 spiro atoms. The van der Waals surface area contributed by atoms with E-state index in [0.717, 1.165) is 9.79 Å². The van der Waals surface area contributed by atoms with Gasteiger partial charge < -0.3 is 8.37 Å².